The van der Waals surface area contributed by atoms with Crippen LogP contribution in [0.1, 0.15) is 25.3 Å². The van der Waals surface area contributed by atoms with E-state index in [1.54, 1.807) is 10.9 Å². The van der Waals surface area contributed by atoms with Gasteiger partial charge in [-0.15, -0.1) is 0 Å². The van der Waals surface area contributed by atoms with Gasteiger partial charge in [-0.05, 0) is 19.3 Å². The third-order valence-electron chi connectivity index (χ3n) is 3.24. The van der Waals surface area contributed by atoms with E-state index in [9.17, 15) is 14.7 Å². The molecule has 2 heterocycles. The van der Waals surface area contributed by atoms with Crippen molar-refractivity contribution >= 4 is 11.2 Å². The highest BCUT2D eigenvalue weighted by molar-refractivity contribution is 5.68. The second-order valence-electron chi connectivity index (χ2n) is 4.38. The summed E-state index contributed by atoms with van der Waals surface area (Å²) < 4.78 is 1.77. The van der Waals surface area contributed by atoms with Crippen LogP contribution >= 0.6 is 0 Å². The topological polar surface area (TPSA) is 104 Å². The number of hydrogen-bond acceptors (Lipinski definition) is 4. The van der Waals surface area contributed by atoms with Crippen molar-refractivity contribution in [3.8, 4) is 0 Å². The Morgan fingerprint density at radius 1 is 1.35 bits per heavy atom. The van der Waals surface area contributed by atoms with Crippen molar-refractivity contribution < 1.29 is 5.11 Å². The fourth-order valence-electron chi connectivity index (χ4n) is 2.42. The molecule has 0 aromatic carbocycles. The first-order chi connectivity index (χ1) is 8.15. The summed E-state index contributed by atoms with van der Waals surface area (Å²) in [4.78, 5) is 31.4. The monoisotopic (exact) mass is 236 g/mol. The molecule has 3 rings (SSSR count). The summed E-state index contributed by atoms with van der Waals surface area (Å²) in [6.45, 7) is 0. The molecule has 0 aliphatic heterocycles. The number of aliphatic hydroxyl groups excluding tert-OH is 1. The van der Waals surface area contributed by atoms with Crippen LogP contribution in [0.3, 0.4) is 0 Å². The van der Waals surface area contributed by atoms with Crippen LogP contribution in [0.4, 0.5) is 0 Å². The van der Waals surface area contributed by atoms with Crippen LogP contribution in [0.25, 0.3) is 11.2 Å². The van der Waals surface area contributed by atoms with Crippen molar-refractivity contribution in [3.63, 3.8) is 0 Å². The van der Waals surface area contributed by atoms with Crippen LogP contribution in [0.15, 0.2) is 15.9 Å². The highest BCUT2D eigenvalue weighted by atomic mass is 16.3. The van der Waals surface area contributed by atoms with E-state index < -0.39 is 11.2 Å². The lowest BCUT2D eigenvalue weighted by Gasteiger charge is -2.11. The summed E-state index contributed by atoms with van der Waals surface area (Å²) in [7, 11) is 0. The van der Waals surface area contributed by atoms with E-state index in [1.165, 1.54) is 0 Å². The number of H-pyrrole nitrogens is 2. The molecule has 3 N–H and O–H groups in total. The highest BCUT2D eigenvalue weighted by Crippen LogP contribution is 2.31. The molecule has 2 aromatic heterocycles. The lowest BCUT2D eigenvalue weighted by molar-refractivity contribution is 0.178. The molecule has 0 radical (unpaired) electrons. The summed E-state index contributed by atoms with van der Waals surface area (Å²) in [6, 6.07) is 0.0902. The summed E-state index contributed by atoms with van der Waals surface area (Å²) in [5.41, 5.74) is -0.368. The van der Waals surface area contributed by atoms with Crippen LogP contribution in [0.5, 0.6) is 0 Å². The zero-order valence-electron chi connectivity index (χ0n) is 9.01. The van der Waals surface area contributed by atoms with Gasteiger partial charge in [-0.2, -0.15) is 0 Å². The van der Waals surface area contributed by atoms with Gasteiger partial charge in [0.25, 0.3) is 5.56 Å². The molecule has 0 spiro atoms. The minimum absolute atomic E-state index is 0.0902. The first-order valence-corrected chi connectivity index (χ1v) is 5.52. The number of aliphatic hydroxyl groups is 1. The SMILES string of the molecule is O=c1[nH]c(=O)c2ncn(C3CCC(O)C3)c2[nH]1. The summed E-state index contributed by atoms with van der Waals surface area (Å²) in [5, 5.41) is 9.51. The number of hydrogen-bond donors (Lipinski definition) is 3. The lowest BCUT2D eigenvalue weighted by atomic mass is 10.2. The predicted molar refractivity (Wildman–Crippen MR) is 59.9 cm³/mol. The largest absolute Gasteiger partial charge is 0.393 e. The smallest absolute Gasteiger partial charge is 0.327 e. The maximum atomic E-state index is 11.5. The molecule has 17 heavy (non-hydrogen) atoms. The van der Waals surface area contributed by atoms with Crippen molar-refractivity contribution in [2.75, 3.05) is 0 Å². The zero-order valence-corrected chi connectivity index (χ0v) is 9.01. The molecular weight excluding hydrogens is 224 g/mol. The van der Waals surface area contributed by atoms with Crippen molar-refractivity contribution in [2.45, 2.75) is 31.4 Å². The third-order valence-corrected chi connectivity index (χ3v) is 3.24. The zero-order chi connectivity index (χ0) is 12.0. The summed E-state index contributed by atoms with van der Waals surface area (Å²) >= 11 is 0. The lowest BCUT2D eigenvalue weighted by Crippen LogP contribution is -2.23. The molecule has 0 bridgehead atoms. The summed E-state index contributed by atoms with van der Waals surface area (Å²) in [6.07, 6.45) is 3.41. The fourth-order valence-corrected chi connectivity index (χ4v) is 2.42. The van der Waals surface area contributed by atoms with E-state index in [-0.39, 0.29) is 17.7 Å². The maximum Gasteiger partial charge on any atom is 0.327 e. The Balaban J connectivity index is 2.18. The van der Waals surface area contributed by atoms with E-state index in [2.05, 4.69) is 15.0 Å². The number of aromatic nitrogens is 4. The molecule has 0 saturated heterocycles. The average Bonchev–Trinajstić information content (AvgIpc) is 2.83. The minimum atomic E-state index is -0.539. The van der Waals surface area contributed by atoms with E-state index in [0.29, 0.717) is 12.1 Å². The van der Waals surface area contributed by atoms with Crippen LogP contribution in [-0.2, 0) is 0 Å². The van der Waals surface area contributed by atoms with Crippen molar-refractivity contribution in [3.05, 3.63) is 27.2 Å². The molecule has 2 atom stereocenters. The number of rotatable bonds is 1. The van der Waals surface area contributed by atoms with Crippen molar-refractivity contribution in [2.24, 2.45) is 0 Å². The van der Waals surface area contributed by atoms with Crippen LogP contribution < -0.4 is 11.2 Å². The highest BCUT2D eigenvalue weighted by Gasteiger charge is 2.25. The Morgan fingerprint density at radius 2 is 2.18 bits per heavy atom. The average molecular weight is 236 g/mol. The number of aromatic amines is 2. The van der Waals surface area contributed by atoms with Crippen LogP contribution in [0.2, 0.25) is 0 Å². The minimum Gasteiger partial charge on any atom is -0.393 e. The second-order valence-corrected chi connectivity index (χ2v) is 4.38. The molecule has 7 nitrogen and oxygen atoms in total. The Hall–Kier alpha value is -1.89. The third kappa shape index (κ3) is 1.59. The van der Waals surface area contributed by atoms with Gasteiger partial charge in [0, 0.05) is 6.04 Å². The van der Waals surface area contributed by atoms with Gasteiger partial charge in [0.05, 0.1) is 12.4 Å². The van der Waals surface area contributed by atoms with Gasteiger partial charge < -0.3 is 9.67 Å². The van der Waals surface area contributed by atoms with Gasteiger partial charge in [0.15, 0.2) is 5.52 Å². The van der Waals surface area contributed by atoms with Crippen molar-refractivity contribution in [1.82, 2.24) is 19.5 Å². The number of nitrogens with one attached hydrogen (secondary N) is 2. The maximum absolute atomic E-state index is 11.5. The Morgan fingerprint density at radius 3 is 2.88 bits per heavy atom. The predicted octanol–water partition coefficient (Wildman–Crippen LogP) is -0.501. The van der Waals surface area contributed by atoms with Gasteiger partial charge in [-0.3, -0.25) is 14.8 Å². The van der Waals surface area contributed by atoms with Gasteiger partial charge in [0.1, 0.15) is 5.65 Å². The Kier molecular flexibility index (Phi) is 2.15. The second kappa shape index (κ2) is 3.56. The van der Waals surface area contributed by atoms with Gasteiger partial charge >= 0.3 is 5.69 Å². The quantitative estimate of drug-likeness (QED) is 0.620. The molecule has 1 fully saturated rings. The first kappa shape index (κ1) is 10.3. The normalized spacial score (nSPS) is 24.5. The molecular formula is C10H12N4O3. The summed E-state index contributed by atoms with van der Waals surface area (Å²) in [5.74, 6) is 0. The van der Waals surface area contributed by atoms with Crippen molar-refractivity contribution in [1.29, 1.82) is 0 Å². The molecule has 1 aliphatic carbocycles. The van der Waals surface area contributed by atoms with E-state index in [4.69, 9.17) is 0 Å². The first-order valence-electron chi connectivity index (χ1n) is 5.52. The number of imidazole rings is 1. The van der Waals surface area contributed by atoms with Gasteiger partial charge in [0.2, 0.25) is 0 Å². The molecule has 7 heteroatoms. The van der Waals surface area contributed by atoms with Crippen LogP contribution in [0, 0.1) is 0 Å². The van der Waals surface area contributed by atoms with E-state index >= 15 is 0 Å². The van der Waals surface area contributed by atoms with Gasteiger partial charge in [-0.25, -0.2) is 9.78 Å². The van der Waals surface area contributed by atoms with E-state index in [1.807, 2.05) is 0 Å². The molecule has 2 unspecified atom stereocenters. The molecule has 1 aliphatic rings. The Labute approximate surface area is 95.1 Å². The molecule has 90 valence electrons. The number of nitrogens with zero attached hydrogens (tertiary/aromatic N) is 2. The van der Waals surface area contributed by atoms with E-state index in [0.717, 1.165) is 12.8 Å². The molecule has 1 saturated carbocycles. The molecule has 0 amide bonds. The number of fused-ring (bicyclic) bond motifs is 1. The van der Waals surface area contributed by atoms with Gasteiger partial charge in [-0.1, -0.05) is 0 Å². The van der Waals surface area contributed by atoms with Crippen LogP contribution in [-0.4, -0.2) is 30.7 Å². The molecule has 2 aromatic rings. The fraction of sp³-hybridized carbons (Fsp3) is 0.500. The Bertz CT molecular complexity index is 668. The standard InChI is InChI=1S/C10H12N4O3/c15-6-2-1-5(3-6)14-4-11-7-8(14)12-10(17)13-9(7)16/h4-6,15H,1-3H2,(H2,12,13,16,17).